The fraction of sp³-hybridized carbons (Fsp3) is 0.0938. The van der Waals surface area contributed by atoms with E-state index in [2.05, 4.69) is 5.32 Å². The summed E-state index contributed by atoms with van der Waals surface area (Å²) in [5.41, 5.74) is 2.48. The monoisotopic (exact) mass is 535 g/mol. The van der Waals surface area contributed by atoms with Gasteiger partial charge >= 0.3 is 17.7 Å². The summed E-state index contributed by atoms with van der Waals surface area (Å²) in [7, 11) is 1.58. The maximum absolute atomic E-state index is 13.3. The zero-order valence-corrected chi connectivity index (χ0v) is 21.5. The van der Waals surface area contributed by atoms with Gasteiger partial charge in [0.1, 0.15) is 23.7 Å². The van der Waals surface area contributed by atoms with Crippen LogP contribution in [-0.2, 0) is 16.1 Å². The maximum Gasteiger partial charge on any atom is 0.408 e. The van der Waals surface area contributed by atoms with Crippen LogP contribution in [-0.4, -0.2) is 19.2 Å². The summed E-state index contributed by atoms with van der Waals surface area (Å²) < 4.78 is 21.6. The largest absolute Gasteiger partial charge is 0.497 e. The van der Waals surface area contributed by atoms with Gasteiger partial charge in [0.15, 0.2) is 6.04 Å². The molecule has 0 spiro atoms. The number of alkyl carbamates (subject to hydrolysis) is 1. The molecule has 0 bridgehead atoms. The molecular weight excluding hydrogens is 510 g/mol. The third-order valence-corrected chi connectivity index (χ3v) is 6.18. The molecule has 0 aliphatic heterocycles. The van der Waals surface area contributed by atoms with Crippen LogP contribution in [0.15, 0.2) is 118 Å². The highest BCUT2D eigenvalue weighted by Crippen LogP contribution is 2.31. The number of carbonyl (C=O) groups is 2. The molecule has 1 atom stereocenters. The molecule has 0 aliphatic carbocycles. The van der Waals surface area contributed by atoms with Crippen molar-refractivity contribution in [1.82, 2.24) is 5.32 Å². The summed E-state index contributed by atoms with van der Waals surface area (Å²) in [5, 5.41) is 3.25. The number of methoxy groups -OCH3 is 1. The van der Waals surface area contributed by atoms with Gasteiger partial charge in [-0.05, 0) is 46.5 Å². The number of esters is 1. The minimum atomic E-state index is -1.14. The summed E-state index contributed by atoms with van der Waals surface area (Å²) in [4.78, 5) is 38.2. The molecule has 0 saturated carbocycles. The molecule has 1 N–H and O–H groups in total. The molecule has 40 heavy (non-hydrogen) atoms. The fourth-order valence-electron chi connectivity index (χ4n) is 4.20. The van der Waals surface area contributed by atoms with Crippen LogP contribution < -0.4 is 20.4 Å². The van der Waals surface area contributed by atoms with Crippen LogP contribution in [0.3, 0.4) is 0 Å². The van der Waals surface area contributed by atoms with Crippen LogP contribution in [0.2, 0.25) is 0 Å². The van der Waals surface area contributed by atoms with Gasteiger partial charge in [0.25, 0.3) is 0 Å². The lowest BCUT2D eigenvalue weighted by atomic mass is 10.0. The second kappa shape index (κ2) is 12.0. The van der Waals surface area contributed by atoms with Crippen molar-refractivity contribution in [1.29, 1.82) is 0 Å². The van der Waals surface area contributed by atoms with Crippen molar-refractivity contribution in [3.05, 3.63) is 131 Å². The second-order valence-corrected chi connectivity index (χ2v) is 8.84. The second-order valence-electron chi connectivity index (χ2n) is 8.84. The highest BCUT2D eigenvalue weighted by atomic mass is 16.6. The Morgan fingerprint density at radius 2 is 1.50 bits per heavy atom. The first-order chi connectivity index (χ1) is 19.5. The van der Waals surface area contributed by atoms with E-state index in [-0.39, 0.29) is 17.9 Å². The normalized spacial score (nSPS) is 11.4. The SMILES string of the molecule is COc1ccc(-c2cc(=O)oc3cc(OC(=O)[C@H](NC(=O)OCc4ccccc4)c4ccccc4)ccc23)cc1. The summed E-state index contributed by atoms with van der Waals surface area (Å²) in [6, 6.07) is 30.2. The molecule has 0 saturated heterocycles. The number of rotatable bonds is 8. The molecule has 5 rings (SSSR count). The van der Waals surface area contributed by atoms with E-state index in [0.717, 1.165) is 11.1 Å². The van der Waals surface area contributed by atoms with Crippen molar-refractivity contribution in [3.63, 3.8) is 0 Å². The molecule has 1 aromatic heterocycles. The van der Waals surface area contributed by atoms with Crippen LogP contribution in [0.4, 0.5) is 4.79 Å². The molecule has 0 unspecified atom stereocenters. The fourth-order valence-corrected chi connectivity index (χ4v) is 4.20. The highest BCUT2D eigenvalue weighted by Gasteiger charge is 2.26. The Kier molecular flexibility index (Phi) is 7.87. The van der Waals surface area contributed by atoms with Crippen molar-refractivity contribution in [2.75, 3.05) is 7.11 Å². The molecule has 8 nitrogen and oxygen atoms in total. The lowest BCUT2D eigenvalue weighted by molar-refractivity contribution is -0.136. The van der Waals surface area contributed by atoms with Crippen molar-refractivity contribution in [2.45, 2.75) is 12.6 Å². The lowest BCUT2D eigenvalue weighted by Crippen LogP contribution is -2.36. The van der Waals surface area contributed by atoms with E-state index in [0.29, 0.717) is 22.3 Å². The third-order valence-electron chi connectivity index (χ3n) is 6.18. The molecular formula is C32H25NO7. The van der Waals surface area contributed by atoms with Gasteiger partial charge in [0, 0.05) is 17.5 Å². The van der Waals surface area contributed by atoms with E-state index in [1.165, 1.54) is 12.1 Å². The zero-order chi connectivity index (χ0) is 27.9. The predicted molar refractivity (Wildman–Crippen MR) is 149 cm³/mol. The summed E-state index contributed by atoms with van der Waals surface area (Å²) >= 11 is 0. The van der Waals surface area contributed by atoms with E-state index < -0.39 is 23.7 Å². The zero-order valence-electron chi connectivity index (χ0n) is 21.5. The third kappa shape index (κ3) is 6.19. The van der Waals surface area contributed by atoms with Gasteiger partial charge < -0.3 is 23.9 Å². The van der Waals surface area contributed by atoms with Gasteiger partial charge in [-0.1, -0.05) is 72.8 Å². The van der Waals surface area contributed by atoms with Gasteiger partial charge in [-0.2, -0.15) is 0 Å². The predicted octanol–water partition coefficient (Wildman–Crippen LogP) is 6.04. The van der Waals surface area contributed by atoms with Crippen LogP contribution in [0.1, 0.15) is 17.2 Å². The molecule has 0 fully saturated rings. The van der Waals surface area contributed by atoms with Gasteiger partial charge in [-0.3, -0.25) is 0 Å². The van der Waals surface area contributed by atoms with Crippen molar-refractivity contribution in [2.24, 2.45) is 0 Å². The molecule has 8 heteroatoms. The topological polar surface area (TPSA) is 104 Å². The van der Waals surface area contributed by atoms with Crippen LogP contribution in [0.5, 0.6) is 11.5 Å². The van der Waals surface area contributed by atoms with E-state index in [9.17, 15) is 14.4 Å². The van der Waals surface area contributed by atoms with Gasteiger partial charge in [0.2, 0.25) is 0 Å². The van der Waals surface area contributed by atoms with Crippen molar-refractivity contribution < 1.29 is 28.2 Å². The van der Waals surface area contributed by atoms with E-state index in [4.69, 9.17) is 18.6 Å². The molecule has 4 aromatic carbocycles. The number of hydrogen-bond acceptors (Lipinski definition) is 7. The Morgan fingerprint density at radius 1 is 0.825 bits per heavy atom. The van der Waals surface area contributed by atoms with Crippen molar-refractivity contribution in [3.8, 4) is 22.6 Å². The average molecular weight is 536 g/mol. The quantitative estimate of drug-likeness (QED) is 0.147. The highest BCUT2D eigenvalue weighted by molar-refractivity contribution is 5.94. The number of fused-ring (bicyclic) bond motifs is 1. The molecule has 0 aliphatic rings. The molecule has 0 radical (unpaired) electrons. The number of ether oxygens (including phenoxy) is 3. The minimum absolute atomic E-state index is 0.0451. The number of benzene rings is 4. The molecule has 1 amide bonds. The van der Waals surface area contributed by atoms with E-state index >= 15 is 0 Å². The smallest absolute Gasteiger partial charge is 0.408 e. The standard InChI is InChI=1S/C32H25NO7/c1-37-24-14-12-22(13-15-24)27-19-29(34)40-28-18-25(16-17-26(27)28)39-31(35)30(23-10-6-3-7-11-23)33-32(36)38-20-21-8-4-2-5-9-21/h2-19,30H,20H2,1H3,(H,33,36)/t30-/m1/s1. The van der Waals surface area contributed by atoms with E-state index in [1.54, 1.807) is 61.7 Å². The molecule has 5 aromatic rings. The Labute approximate surface area is 229 Å². The van der Waals surface area contributed by atoms with Crippen LogP contribution in [0.25, 0.3) is 22.1 Å². The minimum Gasteiger partial charge on any atom is -0.497 e. The first-order valence-electron chi connectivity index (χ1n) is 12.5. The maximum atomic E-state index is 13.3. The number of carbonyl (C=O) groups excluding carboxylic acids is 2. The Bertz CT molecular complexity index is 1680. The molecule has 200 valence electrons. The number of nitrogens with one attached hydrogen (secondary N) is 1. The summed E-state index contributed by atoms with van der Waals surface area (Å²) in [6.45, 7) is 0.0451. The number of hydrogen-bond donors (Lipinski definition) is 1. The van der Waals surface area contributed by atoms with Crippen molar-refractivity contribution >= 4 is 23.0 Å². The van der Waals surface area contributed by atoms with Gasteiger partial charge in [-0.25, -0.2) is 14.4 Å². The first-order valence-corrected chi connectivity index (χ1v) is 12.5. The summed E-state index contributed by atoms with van der Waals surface area (Å²) in [6.07, 6.45) is -0.775. The van der Waals surface area contributed by atoms with Crippen LogP contribution >= 0.6 is 0 Å². The van der Waals surface area contributed by atoms with E-state index in [1.807, 2.05) is 42.5 Å². The van der Waals surface area contributed by atoms with Crippen LogP contribution in [0, 0.1) is 0 Å². The Morgan fingerprint density at radius 3 is 2.20 bits per heavy atom. The van der Waals surface area contributed by atoms with Gasteiger partial charge in [0.05, 0.1) is 7.11 Å². The Balaban J connectivity index is 1.37. The van der Waals surface area contributed by atoms with Gasteiger partial charge in [-0.15, -0.1) is 0 Å². The number of amides is 1. The Hall–Kier alpha value is -5.37. The summed E-state index contributed by atoms with van der Waals surface area (Å²) in [5.74, 6) is 0.0968. The average Bonchev–Trinajstić information content (AvgIpc) is 2.99. The lowest BCUT2D eigenvalue weighted by Gasteiger charge is -2.18. The molecule has 1 heterocycles. The first kappa shape index (κ1) is 26.2.